The largest absolute Gasteiger partial charge is 0.392 e. The molecule has 0 heterocycles. The Kier molecular flexibility index (Phi) is 5.88. The summed E-state index contributed by atoms with van der Waals surface area (Å²) in [7, 11) is -3.81. The lowest BCUT2D eigenvalue weighted by molar-refractivity contribution is 0.167. The highest BCUT2D eigenvalue weighted by Crippen LogP contribution is 2.28. The smallest absolute Gasteiger partial charge is 0.243 e. The van der Waals surface area contributed by atoms with Crippen LogP contribution >= 0.6 is 23.2 Å². The van der Waals surface area contributed by atoms with Gasteiger partial charge in [-0.3, -0.25) is 0 Å². The Morgan fingerprint density at radius 3 is 2.39 bits per heavy atom. The first-order valence-corrected chi connectivity index (χ1v) is 7.74. The van der Waals surface area contributed by atoms with Gasteiger partial charge >= 0.3 is 0 Å². The van der Waals surface area contributed by atoms with Crippen molar-refractivity contribution in [2.75, 3.05) is 6.54 Å². The molecule has 0 aliphatic carbocycles. The highest BCUT2D eigenvalue weighted by atomic mass is 35.5. The third-order valence-electron chi connectivity index (χ3n) is 2.32. The number of benzene rings is 1. The molecule has 102 valence electrons. The molecule has 4 nitrogen and oxygen atoms in total. The first-order valence-electron chi connectivity index (χ1n) is 5.50. The van der Waals surface area contributed by atoms with E-state index in [4.69, 9.17) is 23.2 Å². The maximum Gasteiger partial charge on any atom is 0.243 e. The van der Waals surface area contributed by atoms with Gasteiger partial charge in [-0.15, -0.1) is 0 Å². The topological polar surface area (TPSA) is 66.4 Å². The molecule has 1 aromatic carbocycles. The summed E-state index contributed by atoms with van der Waals surface area (Å²) >= 11 is 11.6. The lowest BCUT2D eigenvalue weighted by Gasteiger charge is -2.13. The van der Waals surface area contributed by atoms with E-state index >= 15 is 0 Å². The fraction of sp³-hybridized carbons (Fsp3) is 0.455. The molecular formula is C11H15Cl2NO3S. The van der Waals surface area contributed by atoms with E-state index in [0.29, 0.717) is 6.42 Å². The van der Waals surface area contributed by atoms with Crippen LogP contribution in [0.3, 0.4) is 0 Å². The first kappa shape index (κ1) is 15.7. The maximum absolute atomic E-state index is 12.0. The third-order valence-corrected chi connectivity index (χ3v) is 4.70. The molecule has 1 rings (SSSR count). The second-order valence-electron chi connectivity index (χ2n) is 3.85. The Morgan fingerprint density at radius 1 is 1.33 bits per heavy atom. The van der Waals surface area contributed by atoms with Crippen LogP contribution in [0.2, 0.25) is 10.0 Å². The molecule has 1 atom stereocenters. The van der Waals surface area contributed by atoms with Gasteiger partial charge in [0.2, 0.25) is 10.0 Å². The minimum Gasteiger partial charge on any atom is -0.392 e. The lowest BCUT2D eigenvalue weighted by Crippen LogP contribution is -2.32. The van der Waals surface area contributed by atoms with Crippen molar-refractivity contribution in [3.05, 3.63) is 28.2 Å². The number of sulfonamides is 1. The molecule has 0 fully saturated rings. The fourth-order valence-corrected chi connectivity index (χ4v) is 3.67. The number of hydrogen-bond donors (Lipinski definition) is 2. The average Bonchev–Trinajstić information content (AvgIpc) is 2.26. The summed E-state index contributed by atoms with van der Waals surface area (Å²) in [4.78, 5) is -0.156. The van der Waals surface area contributed by atoms with Gasteiger partial charge in [0, 0.05) is 6.54 Å². The molecule has 0 saturated carbocycles. The van der Waals surface area contributed by atoms with Crippen molar-refractivity contribution in [3.8, 4) is 0 Å². The zero-order valence-electron chi connectivity index (χ0n) is 9.86. The summed E-state index contributed by atoms with van der Waals surface area (Å²) in [5.74, 6) is 0. The predicted molar refractivity (Wildman–Crippen MR) is 72.6 cm³/mol. The Morgan fingerprint density at radius 2 is 1.89 bits per heavy atom. The van der Waals surface area contributed by atoms with Crippen LogP contribution < -0.4 is 4.72 Å². The van der Waals surface area contributed by atoms with Gasteiger partial charge in [0.05, 0.1) is 16.1 Å². The molecule has 2 N–H and O–H groups in total. The minimum absolute atomic E-state index is 0.0555. The molecular weight excluding hydrogens is 297 g/mol. The van der Waals surface area contributed by atoms with Crippen LogP contribution in [0.15, 0.2) is 23.1 Å². The molecule has 1 aromatic rings. The molecule has 0 bridgehead atoms. The van der Waals surface area contributed by atoms with Crippen LogP contribution in [0.4, 0.5) is 0 Å². The van der Waals surface area contributed by atoms with E-state index in [0.717, 1.165) is 6.42 Å². The van der Waals surface area contributed by atoms with Crippen molar-refractivity contribution in [2.45, 2.75) is 30.8 Å². The summed E-state index contributed by atoms with van der Waals surface area (Å²) in [5.41, 5.74) is 0. The zero-order valence-corrected chi connectivity index (χ0v) is 12.2. The first-order chi connectivity index (χ1) is 8.38. The number of halogens is 2. The number of aliphatic hydroxyl groups is 1. The minimum atomic E-state index is -3.81. The van der Waals surface area contributed by atoms with Crippen molar-refractivity contribution < 1.29 is 13.5 Å². The molecule has 0 amide bonds. The third kappa shape index (κ3) is 4.10. The van der Waals surface area contributed by atoms with Gasteiger partial charge in [0.1, 0.15) is 4.90 Å². The number of aliphatic hydroxyl groups excluding tert-OH is 1. The molecule has 0 aliphatic rings. The molecule has 0 spiro atoms. The number of nitrogens with one attached hydrogen (secondary N) is 1. The van der Waals surface area contributed by atoms with E-state index in [-0.39, 0.29) is 21.5 Å². The normalized spacial score (nSPS) is 13.6. The summed E-state index contributed by atoms with van der Waals surface area (Å²) < 4.78 is 26.3. The van der Waals surface area contributed by atoms with E-state index in [2.05, 4.69) is 4.72 Å². The van der Waals surface area contributed by atoms with E-state index in [9.17, 15) is 13.5 Å². The van der Waals surface area contributed by atoms with Gasteiger partial charge in [-0.25, -0.2) is 13.1 Å². The number of rotatable bonds is 6. The van der Waals surface area contributed by atoms with Crippen LogP contribution in [0, 0.1) is 0 Å². The van der Waals surface area contributed by atoms with Gasteiger partial charge in [-0.2, -0.15) is 0 Å². The van der Waals surface area contributed by atoms with Crippen LogP contribution in [0.25, 0.3) is 0 Å². The highest BCUT2D eigenvalue weighted by molar-refractivity contribution is 7.89. The van der Waals surface area contributed by atoms with Crippen LogP contribution in [0.5, 0.6) is 0 Å². The van der Waals surface area contributed by atoms with Crippen LogP contribution in [-0.2, 0) is 10.0 Å². The summed E-state index contributed by atoms with van der Waals surface area (Å²) in [6, 6.07) is 4.46. The monoisotopic (exact) mass is 311 g/mol. The van der Waals surface area contributed by atoms with Gasteiger partial charge in [-0.1, -0.05) is 42.6 Å². The lowest BCUT2D eigenvalue weighted by atomic mass is 10.2. The van der Waals surface area contributed by atoms with E-state index in [1.165, 1.54) is 12.1 Å². The Balaban J connectivity index is 2.87. The molecule has 1 unspecified atom stereocenters. The maximum atomic E-state index is 12.0. The van der Waals surface area contributed by atoms with Crippen molar-refractivity contribution in [2.24, 2.45) is 0 Å². The van der Waals surface area contributed by atoms with Gasteiger partial charge in [-0.05, 0) is 18.6 Å². The Hall–Kier alpha value is -0.330. The van der Waals surface area contributed by atoms with Crippen molar-refractivity contribution in [1.29, 1.82) is 0 Å². The second kappa shape index (κ2) is 6.73. The molecule has 7 heteroatoms. The average molecular weight is 312 g/mol. The van der Waals surface area contributed by atoms with Crippen molar-refractivity contribution in [1.82, 2.24) is 4.72 Å². The summed E-state index contributed by atoms with van der Waals surface area (Å²) in [5, 5.41) is 9.62. The molecule has 0 aliphatic heterocycles. The van der Waals surface area contributed by atoms with Crippen molar-refractivity contribution in [3.63, 3.8) is 0 Å². The zero-order chi connectivity index (χ0) is 13.8. The molecule has 0 radical (unpaired) electrons. The molecule has 0 aromatic heterocycles. The van der Waals surface area contributed by atoms with Crippen LogP contribution in [-0.4, -0.2) is 26.2 Å². The van der Waals surface area contributed by atoms with Gasteiger partial charge < -0.3 is 5.11 Å². The SMILES string of the molecule is CCCC(O)CNS(=O)(=O)c1c(Cl)cccc1Cl. The molecule has 18 heavy (non-hydrogen) atoms. The predicted octanol–water partition coefficient (Wildman–Crippen LogP) is 2.43. The second-order valence-corrected chi connectivity index (χ2v) is 6.36. The van der Waals surface area contributed by atoms with Crippen LogP contribution in [0.1, 0.15) is 19.8 Å². The highest BCUT2D eigenvalue weighted by Gasteiger charge is 2.21. The summed E-state index contributed by atoms with van der Waals surface area (Å²) in [6.45, 7) is 1.85. The fourth-order valence-electron chi connectivity index (χ4n) is 1.45. The van der Waals surface area contributed by atoms with Gasteiger partial charge in [0.25, 0.3) is 0 Å². The standard InChI is InChI=1S/C11H15Cl2NO3S/c1-2-4-8(15)7-14-18(16,17)11-9(12)5-3-6-10(11)13/h3,5-6,8,14-15H,2,4,7H2,1H3. The van der Waals surface area contributed by atoms with E-state index < -0.39 is 16.1 Å². The van der Waals surface area contributed by atoms with E-state index in [1.54, 1.807) is 6.07 Å². The quantitative estimate of drug-likeness (QED) is 0.848. The van der Waals surface area contributed by atoms with Gasteiger partial charge in [0.15, 0.2) is 0 Å². The van der Waals surface area contributed by atoms with Crippen molar-refractivity contribution >= 4 is 33.2 Å². The molecule has 0 saturated heterocycles. The summed E-state index contributed by atoms with van der Waals surface area (Å²) in [6.07, 6.45) is 0.583. The Bertz CT molecular complexity index is 485. The number of hydrogen-bond acceptors (Lipinski definition) is 3. The Labute approximate surface area is 117 Å². The van der Waals surface area contributed by atoms with E-state index in [1.807, 2.05) is 6.92 Å².